The van der Waals surface area contributed by atoms with Crippen molar-refractivity contribution in [1.29, 1.82) is 0 Å². The molecule has 1 heterocycles. The first kappa shape index (κ1) is 14.8. The van der Waals surface area contributed by atoms with Crippen LogP contribution >= 0.6 is 23.1 Å². The van der Waals surface area contributed by atoms with Crippen LogP contribution in [0.25, 0.3) is 6.08 Å². The summed E-state index contributed by atoms with van der Waals surface area (Å²) in [5.74, 6) is -0.201. The monoisotopic (exact) mass is 285 g/mol. The second-order valence-electron chi connectivity index (χ2n) is 3.60. The van der Waals surface area contributed by atoms with Crippen LogP contribution in [0.5, 0.6) is 0 Å². The number of carbonyl (C=O) groups is 2. The number of carboxylic acids is 1. The van der Waals surface area contributed by atoms with Crippen molar-refractivity contribution >= 4 is 41.1 Å². The quantitative estimate of drug-likeness (QED) is 0.815. The zero-order chi connectivity index (χ0) is 13.5. The fraction of sp³-hybridized carbons (Fsp3) is 0.333. The van der Waals surface area contributed by atoms with Crippen molar-refractivity contribution in [3.05, 3.63) is 28.0 Å². The van der Waals surface area contributed by atoms with Crippen molar-refractivity contribution in [2.75, 3.05) is 25.6 Å². The van der Waals surface area contributed by atoms with Crippen LogP contribution in [-0.2, 0) is 4.79 Å². The van der Waals surface area contributed by atoms with Gasteiger partial charge >= 0.3 is 5.97 Å². The molecule has 4 nitrogen and oxygen atoms in total. The molecule has 1 N–H and O–H groups in total. The Hall–Kier alpha value is -1.27. The van der Waals surface area contributed by atoms with Crippen LogP contribution in [0.2, 0.25) is 0 Å². The van der Waals surface area contributed by atoms with Gasteiger partial charge in [-0.25, -0.2) is 4.79 Å². The van der Waals surface area contributed by atoms with Gasteiger partial charge in [-0.3, -0.25) is 4.79 Å². The molecule has 0 fully saturated rings. The molecule has 1 aromatic heterocycles. The van der Waals surface area contributed by atoms with E-state index in [4.69, 9.17) is 5.11 Å². The van der Waals surface area contributed by atoms with E-state index >= 15 is 0 Å². The molecule has 1 aromatic rings. The largest absolute Gasteiger partial charge is 0.478 e. The van der Waals surface area contributed by atoms with Crippen LogP contribution in [0.4, 0.5) is 0 Å². The van der Waals surface area contributed by atoms with Gasteiger partial charge in [-0.05, 0) is 29.3 Å². The highest BCUT2D eigenvalue weighted by atomic mass is 32.2. The third kappa shape index (κ3) is 4.19. The molecule has 0 saturated heterocycles. The minimum atomic E-state index is -1.02. The molecule has 0 aromatic carbocycles. The lowest BCUT2D eigenvalue weighted by Gasteiger charge is -2.15. The highest BCUT2D eigenvalue weighted by molar-refractivity contribution is 7.98. The number of nitrogens with zero attached hydrogens (tertiary/aromatic N) is 1. The zero-order valence-corrected chi connectivity index (χ0v) is 11.9. The topological polar surface area (TPSA) is 57.6 Å². The van der Waals surface area contributed by atoms with Crippen molar-refractivity contribution in [3.8, 4) is 0 Å². The van der Waals surface area contributed by atoms with E-state index in [1.54, 1.807) is 35.2 Å². The molecule has 6 heteroatoms. The number of hydrogen-bond donors (Lipinski definition) is 1. The number of amides is 1. The Labute approximate surface area is 114 Å². The van der Waals surface area contributed by atoms with E-state index in [0.29, 0.717) is 17.0 Å². The second-order valence-corrected chi connectivity index (χ2v) is 5.50. The van der Waals surface area contributed by atoms with E-state index in [9.17, 15) is 9.59 Å². The predicted octanol–water partition coefficient (Wildman–Crippen LogP) is 2.28. The summed E-state index contributed by atoms with van der Waals surface area (Å²) in [6, 6.07) is 1.75. The van der Waals surface area contributed by atoms with Gasteiger partial charge in [0.2, 0.25) is 0 Å². The van der Waals surface area contributed by atoms with Gasteiger partial charge in [-0.1, -0.05) is 0 Å². The van der Waals surface area contributed by atoms with Crippen LogP contribution in [0, 0.1) is 0 Å². The molecule has 0 unspecified atom stereocenters. The summed E-state index contributed by atoms with van der Waals surface area (Å²) in [5, 5.41) is 10.4. The normalized spacial score (nSPS) is 10.8. The molecule has 0 aliphatic heterocycles. The van der Waals surface area contributed by atoms with Gasteiger partial charge in [-0.2, -0.15) is 11.8 Å². The average Bonchev–Trinajstić information content (AvgIpc) is 2.80. The van der Waals surface area contributed by atoms with Gasteiger partial charge in [0.05, 0.1) is 4.88 Å². The van der Waals surface area contributed by atoms with Crippen molar-refractivity contribution in [2.24, 2.45) is 0 Å². The first-order chi connectivity index (χ1) is 8.56. The summed E-state index contributed by atoms with van der Waals surface area (Å²) in [7, 11) is 1.75. The summed E-state index contributed by atoms with van der Waals surface area (Å²) in [5.41, 5.74) is 0.656. The molecular weight excluding hydrogens is 270 g/mol. The summed E-state index contributed by atoms with van der Waals surface area (Å²) < 4.78 is 0. The molecule has 0 atom stereocenters. The number of thioether (sulfide) groups is 1. The highest BCUT2D eigenvalue weighted by Crippen LogP contribution is 2.20. The molecule has 0 radical (unpaired) electrons. The predicted molar refractivity (Wildman–Crippen MR) is 76.3 cm³/mol. The standard InChI is InChI=1S/C12H15NO3S2/c1-13(6-8-17-2)12(16)11-9(5-7-18-11)3-4-10(14)15/h3-5,7H,6,8H2,1-2H3,(H,14,15)/b4-3+. The van der Waals surface area contributed by atoms with Gasteiger partial charge in [0.1, 0.15) is 0 Å². The van der Waals surface area contributed by atoms with Crippen LogP contribution in [0.15, 0.2) is 17.5 Å². The maximum absolute atomic E-state index is 12.1. The molecule has 1 amide bonds. The first-order valence-electron chi connectivity index (χ1n) is 5.29. The number of rotatable bonds is 6. The summed E-state index contributed by atoms with van der Waals surface area (Å²) in [6.07, 6.45) is 4.49. The Morgan fingerprint density at radius 1 is 1.56 bits per heavy atom. The lowest BCUT2D eigenvalue weighted by molar-refractivity contribution is -0.131. The molecule has 0 aliphatic carbocycles. The second kappa shape index (κ2) is 7.23. The van der Waals surface area contributed by atoms with Gasteiger partial charge in [0.15, 0.2) is 0 Å². The summed E-state index contributed by atoms with van der Waals surface area (Å²) in [4.78, 5) is 24.8. The van der Waals surface area contributed by atoms with Crippen molar-refractivity contribution < 1.29 is 14.7 Å². The molecule has 0 aliphatic rings. The molecule has 0 saturated carbocycles. The van der Waals surface area contributed by atoms with Crippen molar-refractivity contribution in [3.63, 3.8) is 0 Å². The number of carboxylic acid groups (broad SMARTS) is 1. The van der Waals surface area contributed by atoms with Gasteiger partial charge in [0, 0.05) is 25.4 Å². The van der Waals surface area contributed by atoms with Crippen LogP contribution in [-0.4, -0.2) is 47.5 Å². The van der Waals surface area contributed by atoms with Gasteiger partial charge < -0.3 is 10.0 Å². The van der Waals surface area contributed by atoms with E-state index < -0.39 is 5.97 Å². The van der Waals surface area contributed by atoms with Gasteiger partial charge in [-0.15, -0.1) is 11.3 Å². The van der Waals surface area contributed by atoms with Crippen LogP contribution in [0.1, 0.15) is 15.2 Å². The van der Waals surface area contributed by atoms with E-state index in [1.165, 1.54) is 17.4 Å². The van der Waals surface area contributed by atoms with Gasteiger partial charge in [0.25, 0.3) is 5.91 Å². The van der Waals surface area contributed by atoms with Crippen molar-refractivity contribution in [2.45, 2.75) is 0 Å². The lowest BCUT2D eigenvalue weighted by Crippen LogP contribution is -2.28. The smallest absolute Gasteiger partial charge is 0.328 e. The number of hydrogen-bond acceptors (Lipinski definition) is 4. The highest BCUT2D eigenvalue weighted by Gasteiger charge is 2.15. The molecule has 18 heavy (non-hydrogen) atoms. The fourth-order valence-electron chi connectivity index (χ4n) is 1.29. The van der Waals surface area contributed by atoms with Crippen LogP contribution < -0.4 is 0 Å². The maximum atomic E-state index is 12.1. The Bertz CT molecular complexity index is 454. The Balaban J connectivity index is 2.80. The number of thiophene rings is 1. The zero-order valence-electron chi connectivity index (χ0n) is 10.3. The molecule has 1 rings (SSSR count). The third-order valence-corrected chi connectivity index (χ3v) is 3.78. The Morgan fingerprint density at radius 3 is 2.89 bits per heavy atom. The molecule has 98 valence electrons. The SMILES string of the molecule is CSCCN(C)C(=O)c1sccc1/C=C/C(=O)O. The summed E-state index contributed by atoms with van der Waals surface area (Å²) >= 11 is 3.01. The lowest BCUT2D eigenvalue weighted by atomic mass is 10.2. The van der Waals surface area contributed by atoms with E-state index in [-0.39, 0.29) is 5.91 Å². The maximum Gasteiger partial charge on any atom is 0.328 e. The number of carbonyl (C=O) groups excluding carboxylic acids is 1. The molecular formula is C12H15NO3S2. The van der Waals surface area contributed by atoms with E-state index in [1.807, 2.05) is 6.26 Å². The summed E-state index contributed by atoms with van der Waals surface area (Å²) in [6.45, 7) is 0.681. The van der Waals surface area contributed by atoms with E-state index in [2.05, 4.69) is 0 Å². The third-order valence-electron chi connectivity index (χ3n) is 2.27. The van der Waals surface area contributed by atoms with Crippen LogP contribution in [0.3, 0.4) is 0 Å². The molecule has 0 spiro atoms. The van der Waals surface area contributed by atoms with Crippen molar-refractivity contribution in [1.82, 2.24) is 4.90 Å². The average molecular weight is 285 g/mol. The molecule has 0 bridgehead atoms. The first-order valence-corrected chi connectivity index (χ1v) is 7.56. The fourth-order valence-corrected chi connectivity index (χ4v) is 2.62. The Morgan fingerprint density at radius 2 is 2.28 bits per heavy atom. The number of aliphatic carboxylic acids is 1. The minimum Gasteiger partial charge on any atom is -0.478 e. The minimum absolute atomic E-state index is 0.0657. The Kier molecular flexibility index (Phi) is 5.94. The van der Waals surface area contributed by atoms with E-state index in [0.717, 1.165) is 11.8 Å².